The van der Waals surface area contributed by atoms with Gasteiger partial charge in [-0.25, -0.2) is 10.2 Å². The summed E-state index contributed by atoms with van der Waals surface area (Å²) >= 11 is 0. The molecule has 0 bridgehead atoms. The van der Waals surface area contributed by atoms with Gasteiger partial charge >= 0.3 is 6.03 Å². The summed E-state index contributed by atoms with van der Waals surface area (Å²) in [5, 5.41) is 9.14. The Balaban J connectivity index is 1.48. The number of ether oxygens (including phenoxy) is 1. The molecule has 0 fully saturated rings. The third-order valence-corrected chi connectivity index (χ3v) is 7.58. The fraction of sp³-hybridized carbons (Fsp3) is 0.237. The fourth-order valence-corrected chi connectivity index (χ4v) is 4.90. The summed E-state index contributed by atoms with van der Waals surface area (Å²) in [6.07, 6.45) is 6.84. The van der Waals surface area contributed by atoms with Crippen LogP contribution in [0.3, 0.4) is 0 Å². The molecule has 0 aliphatic carbocycles. The lowest BCUT2D eigenvalue weighted by atomic mass is 9.87. The molecule has 230 valence electrons. The highest BCUT2D eigenvalue weighted by molar-refractivity contribution is 5.95. The van der Waals surface area contributed by atoms with E-state index in [4.69, 9.17) is 15.7 Å². The molecule has 0 saturated carbocycles. The Hall–Kier alpha value is -5.35. The number of aryl methyl sites for hydroxylation is 1. The summed E-state index contributed by atoms with van der Waals surface area (Å²) in [4.78, 5) is 23.2. The van der Waals surface area contributed by atoms with Crippen molar-refractivity contribution in [3.05, 3.63) is 142 Å². The second-order valence-electron chi connectivity index (χ2n) is 12.1. The first-order chi connectivity index (χ1) is 21.6. The summed E-state index contributed by atoms with van der Waals surface area (Å²) in [5.41, 5.74) is 16.2. The minimum Gasteiger partial charge on any atom is -0.488 e. The number of carbonyl (C=O) groups excluding carboxylic acids is 2. The highest BCUT2D eigenvalue weighted by Crippen LogP contribution is 2.26. The number of amides is 3. The largest absolute Gasteiger partial charge is 0.488 e. The van der Waals surface area contributed by atoms with E-state index in [1.54, 1.807) is 12.1 Å². The lowest BCUT2D eigenvalue weighted by molar-refractivity contribution is 0.0937. The van der Waals surface area contributed by atoms with E-state index < -0.39 is 11.9 Å². The van der Waals surface area contributed by atoms with Gasteiger partial charge in [-0.05, 0) is 83.2 Å². The van der Waals surface area contributed by atoms with Crippen LogP contribution in [0.4, 0.5) is 4.79 Å². The second-order valence-corrected chi connectivity index (χ2v) is 12.1. The monoisotopic (exact) mass is 600 g/mol. The van der Waals surface area contributed by atoms with Crippen LogP contribution in [0.25, 0.3) is 6.08 Å². The van der Waals surface area contributed by atoms with Gasteiger partial charge in [-0.2, -0.15) is 5.26 Å². The van der Waals surface area contributed by atoms with E-state index in [1.807, 2.05) is 54.6 Å². The second kappa shape index (κ2) is 15.4. The maximum Gasteiger partial charge on any atom is 0.330 e. The number of carbonyl (C=O) groups is 2. The number of urea groups is 1. The third kappa shape index (κ3) is 10.1. The average Bonchev–Trinajstić information content (AvgIpc) is 3.04. The molecule has 0 heterocycles. The van der Waals surface area contributed by atoms with Crippen LogP contribution in [0.1, 0.15) is 70.9 Å². The molecule has 0 spiro atoms. The number of nitrogens with one attached hydrogen (secondary N) is 2. The van der Waals surface area contributed by atoms with Gasteiger partial charge in [0.2, 0.25) is 0 Å². The number of hydrazine groups is 1. The van der Waals surface area contributed by atoms with E-state index in [-0.39, 0.29) is 11.3 Å². The maximum atomic E-state index is 12.3. The minimum atomic E-state index is -0.835. The lowest BCUT2D eigenvalue weighted by Gasteiger charge is -2.19. The minimum absolute atomic E-state index is 0.105. The molecular weight excluding hydrogens is 560 g/mol. The Morgan fingerprint density at radius 1 is 0.867 bits per heavy atom. The lowest BCUT2D eigenvalue weighted by Crippen LogP contribution is -2.44. The van der Waals surface area contributed by atoms with Crippen molar-refractivity contribution in [3.63, 3.8) is 0 Å². The average molecular weight is 601 g/mol. The Kier molecular flexibility index (Phi) is 11.1. The van der Waals surface area contributed by atoms with Crippen molar-refractivity contribution in [3.8, 4) is 11.8 Å². The molecule has 0 aliphatic rings. The number of primary amides is 1. The quantitative estimate of drug-likeness (QED) is 0.157. The van der Waals surface area contributed by atoms with Crippen molar-refractivity contribution in [2.24, 2.45) is 11.7 Å². The van der Waals surface area contributed by atoms with Crippen LogP contribution < -0.4 is 21.3 Å². The van der Waals surface area contributed by atoms with Gasteiger partial charge in [0.15, 0.2) is 0 Å². The molecule has 1 atom stereocenters. The summed E-state index contributed by atoms with van der Waals surface area (Å²) in [5.74, 6) is 0.564. The van der Waals surface area contributed by atoms with Crippen LogP contribution >= 0.6 is 0 Å². The number of hydrogen-bond acceptors (Lipinski definition) is 4. The van der Waals surface area contributed by atoms with Crippen LogP contribution in [0.15, 0.2) is 103 Å². The molecule has 45 heavy (non-hydrogen) atoms. The number of benzene rings is 4. The zero-order valence-corrected chi connectivity index (χ0v) is 26.0. The first-order valence-corrected chi connectivity index (χ1v) is 15.0. The standard InChI is InChI=1S/C38H40N4O3/c1-38(2,3)34-22-17-31(18-23-34)26-45-35-7-5-4-6-32(35)19-14-28(11-8-27-9-12-30(25-39)13-10-27)24-29-15-20-33(21-16-29)36(43)41-42-37(40)44/h4-7,9-10,12-23,28H,8,11,24,26H2,1-3H3,(H,41,43)(H3,40,42,44)/b19-14+. The van der Waals surface area contributed by atoms with Crippen LogP contribution in [0.5, 0.6) is 5.75 Å². The smallest absolute Gasteiger partial charge is 0.330 e. The van der Waals surface area contributed by atoms with Crippen LogP contribution in [0, 0.1) is 17.2 Å². The molecule has 0 saturated heterocycles. The van der Waals surface area contributed by atoms with E-state index in [1.165, 1.54) is 11.1 Å². The molecule has 0 radical (unpaired) electrons. The van der Waals surface area contributed by atoms with Crippen molar-refractivity contribution in [1.29, 1.82) is 5.26 Å². The third-order valence-electron chi connectivity index (χ3n) is 7.58. The number of para-hydroxylation sites is 1. The Labute approximate surface area is 265 Å². The molecule has 1 unspecified atom stereocenters. The fourth-order valence-electron chi connectivity index (χ4n) is 4.90. The van der Waals surface area contributed by atoms with Crippen molar-refractivity contribution < 1.29 is 14.3 Å². The SMILES string of the molecule is CC(C)(C)c1ccc(COc2ccccc2/C=C/C(CCc2ccc(C#N)cc2)Cc2ccc(C(=O)NNC(N)=O)cc2)cc1. The van der Waals surface area contributed by atoms with Gasteiger partial charge in [-0.1, -0.05) is 99.7 Å². The van der Waals surface area contributed by atoms with E-state index in [9.17, 15) is 9.59 Å². The van der Waals surface area contributed by atoms with Crippen molar-refractivity contribution in [2.45, 2.75) is 52.1 Å². The maximum absolute atomic E-state index is 12.3. The molecular formula is C38H40N4O3. The first-order valence-electron chi connectivity index (χ1n) is 15.0. The molecule has 0 aliphatic heterocycles. The molecule has 7 nitrogen and oxygen atoms in total. The van der Waals surface area contributed by atoms with Gasteiger partial charge in [0.25, 0.3) is 5.91 Å². The van der Waals surface area contributed by atoms with Crippen molar-refractivity contribution in [2.75, 3.05) is 0 Å². The number of nitrogens with zero attached hydrogens (tertiary/aromatic N) is 1. The zero-order valence-electron chi connectivity index (χ0n) is 26.0. The first kappa shape index (κ1) is 32.6. The van der Waals surface area contributed by atoms with Crippen molar-refractivity contribution in [1.82, 2.24) is 10.9 Å². The highest BCUT2D eigenvalue weighted by atomic mass is 16.5. The highest BCUT2D eigenvalue weighted by Gasteiger charge is 2.14. The van der Waals surface area contributed by atoms with E-state index in [0.29, 0.717) is 17.7 Å². The van der Waals surface area contributed by atoms with Gasteiger partial charge in [-0.3, -0.25) is 10.2 Å². The van der Waals surface area contributed by atoms with Crippen LogP contribution in [0.2, 0.25) is 0 Å². The predicted molar refractivity (Wildman–Crippen MR) is 178 cm³/mol. The van der Waals surface area contributed by atoms with Crippen LogP contribution in [-0.4, -0.2) is 11.9 Å². The number of hydrogen-bond donors (Lipinski definition) is 3. The van der Waals surface area contributed by atoms with Gasteiger partial charge in [0.05, 0.1) is 11.6 Å². The summed E-state index contributed by atoms with van der Waals surface area (Å²) in [7, 11) is 0. The normalized spacial score (nSPS) is 11.9. The molecule has 7 heteroatoms. The van der Waals surface area contributed by atoms with Crippen molar-refractivity contribution >= 4 is 18.0 Å². The number of nitriles is 1. The zero-order chi connectivity index (χ0) is 32.2. The molecule has 0 aromatic heterocycles. The molecule has 4 aromatic rings. The Morgan fingerprint density at radius 3 is 2.16 bits per heavy atom. The van der Waals surface area contributed by atoms with E-state index in [0.717, 1.165) is 41.7 Å². The molecule has 3 amide bonds. The number of rotatable bonds is 11. The van der Waals surface area contributed by atoms with E-state index >= 15 is 0 Å². The van der Waals surface area contributed by atoms with E-state index in [2.05, 4.69) is 80.2 Å². The molecule has 4 rings (SSSR count). The van der Waals surface area contributed by atoms with Gasteiger partial charge in [0.1, 0.15) is 12.4 Å². The number of allylic oxidation sites excluding steroid dienone is 1. The van der Waals surface area contributed by atoms with Gasteiger partial charge in [0, 0.05) is 11.1 Å². The van der Waals surface area contributed by atoms with Gasteiger partial charge in [-0.15, -0.1) is 0 Å². The summed E-state index contributed by atoms with van der Waals surface area (Å²) in [6.45, 7) is 7.10. The Bertz CT molecular complexity index is 1650. The predicted octanol–water partition coefficient (Wildman–Crippen LogP) is 7.25. The summed E-state index contributed by atoms with van der Waals surface area (Å²) in [6, 6.07) is 33.0. The Morgan fingerprint density at radius 2 is 1.51 bits per heavy atom. The summed E-state index contributed by atoms with van der Waals surface area (Å²) < 4.78 is 6.27. The van der Waals surface area contributed by atoms with Crippen LogP contribution in [-0.2, 0) is 24.9 Å². The molecule has 4 N–H and O–H groups in total. The van der Waals surface area contributed by atoms with Gasteiger partial charge < -0.3 is 10.5 Å². The number of nitrogens with two attached hydrogens (primary N) is 1. The molecule has 4 aromatic carbocycles. The topological polar surface area (TPSA) is 117 Å².